The van der Waals surface area contributed by atoms with Gasteiger partial charge in [0.05, 0.1) is 16.8 Å². The van der Waals surface area contributed by atoms with Gasteiger partial charge in [-0.15, -0.1) is 0 Å². The molecule has 0 aliphatic heterocycles. The number of aromatic nitrogens is 1. The summed E-state index contributed by atoms with van der Waals surface area (Å²) in [6.07, 6.45) is 3.17. The molecule has 0 atom stereocenters. The van der Waals surface area contributed by atoms with Crippen LogP contribution in [-0.4, -0.2) is 13.4 Å². The molecule has 2 aromatic rings. The van der Waals surface area contributed by atoms with E-state index in [1.165, 1.54) is 6.20 Å². The molecule has 0 saturated carbocycles. The van der Waals surface area contributed by atoms with Crippen molar-refractivity contribution in [1.82, 2.24) is 4.98 Å². The fourth-order valence-electron chi connectivity index (χ4n) is 1.86. The lowest BCUT2D eigenvalue weighted by atomic mass is 10.0. The van der Waals surface area contributed by atoms with E-state index in [0.717, 1.165) is 11.1 Å². The van der Waals surface area contributed by atoms with Crippen molar-refractivity contribution in [3.63, 3.8) is 0 Å². The largest absolute Gasteiger partial charge is 0.278 e. The standard InChI is InChI=1S/C15H18N2O2S/c1-11(2)13-4-6-15(7-5-13)20(18,19)17-14-8-12(3)9-16-10-14/h4-11,17H,1-3H3. The van der Waals surface area contributed by atoms with Crippen molar-refractivity contribution in [3.8, 4) is 0 Å². The second kappa shape index (κ2) is 5.63. The highest BCUT2D eigenvalue weighted by Gasteiger charge is 2.14. The summed E-state index contributed by atoms with van der Waals surface area (Å²) in [5, 5.41) is 0. The zero-order valence-electron chi connectivity index (χ0n) is 11.8. The van der Waals surface area contributed by atoms with Gasteiger partial charge in [-0.2, -0.15) is 0 Å². The molecule has 0 amide bonds. The van der Waals surface area contributed by atoms with Gasteiger partial charge >= 0.3 is 0 Å². The number of anilines is 1. The molecule has 4 nitrogen and oxygen atoms in total. The number of hydrogen-bond donors (Lipinski definition) is 1. The van der Waals surface area contributed by atoms with Crippen molar-refractivity contribution in [1.29, 1.82) is 0 Å². The molecule has 106 valence electrons. The minimum atomic E-state index is -3.56. The lowest BCUT2D eigenvalue weighted by Gasteiger charge is -2.10. The summed E-state index contributed by atoms with van der Waals surface area (Å²) < 4.78 is 27.0. The number of pyridine rings is 1. The van der Waals surface area contributed by atoms with Crippen LogP contribution in [0, 0.1) is 6.92 Å². The van der Waals surface area contributed by atoms with Crippen molar-refractivity contribution in [2.75, 3.05) is 4.72 Å². The Morgan fingerprint density at radius 1 is 1.10 bits per heavy atom. The molecule has 1 aromatic carbocycles. The maximum Gasteiger partial charge on any atom is 0.261 e. The molecule has 1 aromatic heterocycles. The fourth-order valence-corrected chi connectivity index (χ4v) is 2.89. The maximum atomic E-state index is 12.3. The van der Waals surface area contributed by atoms with Gasteiger partial charge in [0, 0.05) is 6.20 Å². The van der Waals surface area contributed by atoms with Crippen LogP contribution in [0.4, 0.5) is 5.69 Å². The third-order valence-electron chi connectivity index (χ3n) is 2.98. The van der Waals surface area contributed by atoms with Gasteiger partial charge in [-0.25, -0.2) is 8.42 Å². The van der Waals surface area contributed by atoms with Gasteiger partial charge in [-0.3, -0.25) is 9.71 Å². The van der Waals surface area contributed by atoms with Crippen molar-refractivity contribution in [2.45, 2.75) is 31.6 Å². The van der Waals surface area contributed by atoms with E-state index < -0.39 is 10.0 Å². The first-order valence-corrected chi connectivity index (χ1v) is 7.91. The van der Waals surface area contributed by atoms with Crippen molar-refractivity contribution in [3.05, 3.63) is 53.9 Å². The number of benzene rings is 1. The minimum Gasteiger partial charge on any atom is -0.278 e. The molecule has 0 saturated heterocycles. The van der Waals surface area contributed by atoms with Crippen molar-refractivity contribution < 1.29 is 8.42 Å². The van der Waals surface area contributed by atoms with Gasteiger partial charge in [0.2, 0.25) is 0 Å². The van der Waals surface area contributed by atoms with Gasteiger partial charge in [-0.1, -0.05) is 26.0 Å². The van der Waals surface area contributed by atoms with Crippen LogP contribution >= 0.6 is 0 Å². The lowest BCUT2D eigenvalue weighted by molar-refractivity contribution is 0.601. The molecule has 0 radical (unpaired) electrons. The van der Waals surface area contributed by atoms with E-state index in [1.54, 1.807) is 24.4 Å². The Labute approximate surface area is 119 Å². The van der Waals surface area contributed by atoms with Gasteiger partial charge in [-0.05, 0) is 42.2 Å². The zero-order chi connectivity index (χ0) is 14.8. The van der Waals surface area contributed by atoms with Crippen LogP contribution in [0.3, 0.4) is 0 Å². The number of aryl methyl sites for hydroxylation is 1. The number of nitrogens with zero attached hydrogens (tertiary/aromatic N) is 1. The van der Waals surface area contributed by atoms with Crippen LogP contribution in [0.2, 0.25) is 0 Å². The SMILES string of the molecule is Cc1cncc(NS(=O)(=O)c2ccc(C(C)C)cc2)c1. The van der Waals surface area contributed by atoms with E-state index in [9.17, 15) is 8.42 Å². The summed E-state index contributed by atoms with van der Waals surface area (Å²) in [5.41, 5.74) is 2.49. The molecule has 0 aliphatic carbocycles. The Kier molecular flexibility index (Phi) is 4.09. The van der Waals surface area contributed by atoms with E-state index in [-0.39, 0.29) is 4.90 Å². The Morgan fingerprint density at radius 2 is 1.75 bits per heavy atom. The van der Waals surface area contributed by atoms with Gasteiger partial charge in [0.1, 0.15) is 0 Å². The maximum absolute atomic E-state index is 12.3. The number of rotatable bonds is 4. The second-order valence-electron chi connectivity index (χ2n) is 5.08. The predicted molar refractivity (Wildman–Crippen MR) is 80.3 cm³/mol. The van der Waals surface area contributed by atoms with Gasteiger partial charge < -0.3 is 0 Å². The number of nitrogens with one attached hydrogen (secondary N) is 1. The molecule has 5 heteroatoms. The Morgan fingerprint density at radius 3 is 2.30 bits per heavy atom. The normalized spacial score (nSPS) is 11.6. The van der Waals surface area contributed by atoms with Crippen LogP contribution in [0.15, 0.2) is 47.6 Å². The van der Waals surface area contributed by atoms with E-state index in [2.05, 4.69) is 23.6 Å². The van der Waals surface area contributed by atoms with Gasteiger partial charge in [0.25, 0.3) is 10.0 Å². The smallest absolute Gasteiger partial charge is 0.261 e. The average Bonchev–Trinajstić information content (AvgIpc) is 2.38. The number of sulfonamides is 1. The summed E-state index contributed by atoms with van der Waals surface area (Å²) in [6.45, 7) is 6.00. The van der Waals surface area contributed by atoms with Crippen LogP contribution in [-0.2, 0) is 10.0 Å². The highest BCUT2D eigenvalue weighted by Crippen LogP contribution is 2.19. The molecule has 1 N–H and O–H groups in total. The third kappa shape index (κ3) is 3.36. The summed E-state index contributed by atoms with van der Waals surface area (Å²) >= 11 is 0. The molecule has 0 aliphatic rings. The quantitative estimate of drug-likeness (QED) is 0.939. The van der Waals surface area contributed by atoms with Crippen LogP contribution < -0.4 is 4.72 Å². The molecule has 2 rings (SSSR count). The first-order chi connectivity index (χ1) is 9.38. The molecule has 0 fully saturated rings. The van der Waals surface area contributed by atoms with Crippen LogP contribution in [0.1, 0.15) is 30.9 Å². The first kappa shape index (κ1) is 14.5. The van der Waals surface area contributed by atoms with Crippen LogP contribution in [0.5, 0.6) is 0 Å². The number of hydrogen-bond acceptors (Lipinski definition) is 3. The molecule has 1 heterocycles. The average molecular weight is 290 g/mol. The lowest BCUT2D eigenvalue weighted by Crippen LogP contribution is -2.13. The van der Waals surface area contributed by atoms with Crippen molar-refractivity contribution in [2.24, 2.45) is 0 Å². The van der Waals surface area contributed by atoms with E-state index in [4.69, 9.17) is 0 Å². The monoisotopic (exact) mass is 290 g/mol. The molecule has 0 unspecified atom stereocenters. The highest BCUT2D eigenvalue weighted by atomic mass is 32.2. The Hall–Kier alpha value is -1.88. The third-order valence-corrected chi connectivity index (χ3v) is 4.38. The summed E-state index contributed by atoms with van der Waals surface area (Å²) in [7, 11) is -3.56. The van der Waals surface area contributed by atoms with E-state index in [1.807, 2.05) is 19.1 Å². The summed E-state index contributed by atoms with van der Waals surface area (Å²) in [4.78, 5) is 4.23. The van der Waals surface area contributed by atoms with Gasteiger partial charge in [0.15, 0.2) is 0 Å². The predicted octanol–water partition coefficient (Wildman–Crippen LogP) is 3.31. The molecular formula is C15H18N2O2S. The van der Waals surface area contributed by atoms with Crippen LogP contribution in [0.25, 0.3) is 0 Å². The molecular weight excluding hydrogens is 272 g/mol. The fraction of sp³-hybridized carbons (Fsp3) is 0.267. The minimum absolute atomic E-state index is 0.253. The molecule has 0 bridgehead atoms. The highest BCUT2D eigenvalue weighted by molar-refractivity contribution is 7.92. The zero-order valence-corrected chi connectivity index (χ0v) is 12.6. The van der Waals surface area contributed by atoms with E-state index >= 15 is 0 Å². The summed E-state index contributed by atoms with van der Waals surface area (Å²) in [5.74, 6) is 0.376. The molecule has 20 heavy (non-hydrogen) atoms. The summed E-state index contributed by atoms with van der Waals surface area (Å²) in [6, 6.07) is 8.68. The Bertz CT molecular complexity index is 692. The Balaban J connectivity index is 2.26. The molecule has 0 spiro atoms. The van der Waals surface area contributed by atoms with E-state index in [0.29, 0.717) is 11.6 Å². The first-order valence-electron chi connectivity index (χ1n) is 6.43. The topological polar surface area (TPSA) is 59.1 Å². The van der Waals surface area contributed by atoms with Crippen molar-refractivity contribution >= 4 is 15.7 Å². The second-order valence-corrected chi connectivity index (χ2v) is 6.76.